The number of nitrogens with zero attached hydrogens (tertiary/aromatic N) is 1. The third-order valence-electron chi connectivity index (χ3n) is 4.56. The third kappa shape index (κ3) is 4.04. The summed E-state index contributed by atoms with van der Waals surface area (Å²) in [4.78, 5) is 26.6. The Morgan fingerprint density at radius 3 is 2.65 bits per heavy atom. The van der Waals surface area contributed by atoms with Crippen molar-refractivity contribution in [2.75, 3.05) is 18.1 Å². The number of anilines is 1. The van der Waals surface area contributed by atoms with Gasteiger partial charge in [-0.1, -0.05) is 36.4 Å². The van der Waals surface area contributed by atoms with Gasteiger partial charge in [0.25, 0.3) is 0 Å². The average Bonchev–Trinajstić information content (AvgIpc) is 2.83. The van der Waals surface area contributed by atoms with Crippen molar-refractivity contribution in [3.8, 4) is 5.75 Å². The van der Waals surface area contributed by atoms with Crippen molar-refractivity contribution in [2.24, 2.45) is 0 Å². The lowest BCUT2D eigenvalue weighted by molar-refractivity contribution is -0.121. The number of rotatable bonds is 4. The predicted octanol–water partition coefficient (Wildman–Crippen LogP) is 3.38. The van der Waals surface area contributed by atoms with Crippen molar-refractivity contribution in [1.82, 2.24) is 5.32 Å². The molecule has 0 unspecified atom stereocenters. The first-order valence-electron chi connectivity index (χ1n) is 8.91. The molecule has 5 nitrogen and oxygen atoms in total. The van der Waals surface area contributed by atoms with Crippen molar-refractivity contribution in [1.29, 1.82) is 0 Å². The van der Waals surface area contributed by atoms with Crippen molar-refractivity contribution in [3.05, 3.63) is 59.7 Å². The lowest BCUT2D eigenvalue weighted by Crippen LogP contribution is -2.36. The van der Waals surface area contributed by atoms with E-state index in [2.05, 4.69) is 5.32 Å². The Bertz CT molecular complexity index is 803. The lowest BCUT2D eigenvalue weighted by atomic mass is 9.98. The van der Waals surface area contributed by atoms with E-state index >= 15 is 0 Å². The number of nitrogens with one attached hydrogen (secondary N) is 1. The second kappa shape index (κ2) is 8.04. The van der Waals surface area contributed by atoms with E-state index in [4.69, 9.17) is 4.74 Å². The zero-order valence-corrected chi connectivity index (χ0v) is 15.2. The minimum absolute atomic E-state index is 0.0232. The van der Waals surface area contributed by atoms with Crippen LogP contribution >= 0.6 is 0 Å². The fourth-order valence-corrected chi connectivity index (χ4v) is 3.33. The fourth-order valence-electron chi connectivity index (χ4n) is 3.33. The monoisotopic (exact) mass is 352 g/mol. The Balaban J connectivity index is 1.86. The fraction of sp³-hybridized carbons (Fsp3) is 0.333. The zero-order valence-electron chi connectivity index (χ0n) is 15.2. The second-order valence-corrected chi connectivity index (χ2v) is 6.53. The van der Waals surface area contributed by atoms with Crippen LogP contribution in [0.15, 0.2) is 48.5 Å². The van der Waals surface area contributed by atoms with E-state index in [-0.39, 0.29) is 24.3 Å². The van der Waals surface area contributed by atoms with Crippen molar-refractivity contribution in [3.63, 3.8) is 0 Å². The quantitative estimate of drug-likeness (QED) is 0.918. The maximum absolute atomic E-state index is 13.1. The Labute approximate surface area is 154 Å². The van der Waals surface area contributed by atoms with Gasteiger partial charge in [0.2, 0.25) is 11.8 Å². The van der Waals surface area contributed by atoms with Crippen LogP contribution in [0.1, 0.15) is 36.9 Å². The first-order chi connectivity index (χ1) is 12.6. The van der Waals surface area contributed by atoms with E-state index in [0.717, 1.165) is 29.0 Å². The average molecular weight is 352 g/mol. The molecule has 0 spiro atoms. The highest BCUT2D eigenvalue weighted by Crippen LogP contribution is 2.32. The highest BCUT2D eigenvalue weighted by molar-refractivity contribution is 5.95. The maximum atomic E-state index is 13.1. The van der Waals surface area contributed by atoms with Crippen LogP contribution in [-0.4, -0.2) is 25.0 Å². The lowest BCUT2D eigenvalue weighted by Gasteiger charge is -2.26. The number of benzene rings is 2. The maximum Gasteiger partial charge on any atom is 0.229 e. The first kappa shape index (κ1) is 18.0. The van der Waals surface area contributed by atoms with Gasteiger partial charge in [-0.3, -0.25) is 9.59 Å². The molecule has 0 bridgehead atoms. The molecule has 1 N–H and O–H groups in total. The van der Waals surface area contributed by atoms with Gasteiger partial charge >= 0.3 is 0 Å². The van der Waals surface area contributed by atoms with Crippen LogP contribution < -0.4 is 15.0 Å². The van der Waals surface area contributed by atoms with Crippen LogP contribution in [0, 0.1) is 6.92 Å². The van der Waals surface area contributed by atoms with Gasteiger partial charge in [0.1, 0.15) is 5.75 Å². The topological polar surface area (TPSA) is 58.6 Å². The summed E-state index contributed by atoms with van der Waals surface area (Å²) in [6, 6.07) is 15.1. The number of para-hydroxylation sites is 2. The van der Waals surface area contributed by atoms with Crippen LogP contribution in [0.5, 0.6) is 5.75 Å². The van der Waals surface area contributed by atoms with Gasteiger partial charge in [-0.05, 0) is 36.6 Å². The summed E-state index contributed by atoms with van der Waals surface area (Å²) < 4.78 is 5.74. The minimum atomic E-state index is -0.350. The van der Waals surface area contributed by atoms with Crippen LogP contribution in [0.3, 0.4) is 0 Å². The number of fused-ring (bicyclic) bond motifs is 1. The van der Waals surface area contributed by atoms with Gasteiger partial charge in [-0.25, -0.2) is 0 Å². The van der Waals surface area contributed by atoms with E-state index in [1.807, 2.05) is 55.5 Å². The van der Waals surface area contributed by atoms with E-state index in [1.165, 1.54) is 6.92 Å². The summed E-state index contributed by atoms with van der Waals surface area (Å²) in [6.07, 6.45) is 0.981. The van der Waals surface area contributed by atoms with Crippen molar-refractivity contribution >= 4 is 17.5 Å². The molecule has 0 radical (unpaired) electrons. The smallest absolute Gasteiger partial charge is 0.229 e. The first-order valence-corrected chi connectivity index (χ1v) is 8.91. The van der Waals surface area contributed by atoms with E-state index < -0.39 is 0 Å². The summed E-state index contributed by atoms with van der Waals surface area (Å²) in [6.45, 7) is 4.67. The van der Waals surface area contributed by atoms with Gasteiger partial charge in [0.05, 0.1) is 24.8 Å². The molecule has 2 aromatic rings. The Morgan fingerprint density at radius 2 is 1.88 bits per heavy atom. The number of carbonyl (C=O) groups excluding carboxylic acids is 2. The molecule has 26 heavy (non-hydrogen) atoms. The molecule has 1 heterocycles. The number of amides is 2. The highest BCUT2D eigenvalue weighted by Gasteiger charge is 2.26. The molecule has 2 amide bonds. The van der Waals surface area contributed by atoms with Gasteiger partial charge in [-0.2, -0.15) is 0 Å². The molecule has 0 fully saturated rings. The predicted molar refractivity (Wildman–Crippen MR) is 101 cm³/mol. The van der Waals surface area contributed by atoms with E-state index in [9.17, 15) is 9.59 Å². The normalized spacial score (nSPS) is 14.6. The third-order valence-corrected chi connectivity index (χ3v) is 4.56. The molecule has 3 rings (SSSR count). The van der Waals surface area contributed by atoms with Crippen LogP contribution in [0.25, 0.3) is 0 Å². The summed E-state index contributed by atoms with van der Waals surface area (Å²) in [5, 5.41) is 2.93. The Hall–Kier alpha value is -2.82. The Kier molecular flexibility index (Phi) is 5.56. The van der Waals surface area contributed by atoms with Gasteiger partial charge in [0, 0.05) is 13.5 Å². The van der Waals surface area contributed by atoms with E-state index in [0.29, 0.717) is 13.2 Å². The minimum Gasteiger partial charge on any atom is -0.491 e. The largest absolute Gasteiger partial charge is 0.491 e. The van der Waals surface area contributed by atoms with Crippen LogP contribution in [0.4, 0.5) is 5.69 Å². The number of hydrogen-bond donors (Lipinski definition) is 1. The summed E-state index contributed by atoms with van der Waals surface area (Å²) in [5.74, 6) is 0.556. The number of aryl methyl sites for hydroxylation is 1. The van der Waals surface area contributed by atoms with Crippen LogP contribution in [0.2, 0.25) is 0 Å². The Morgan fingerprint density at radius 1 is 1.15 bits per heavy atom. The zero-order chi connectivity index (χ0) is 18.5. The molecular formula is C21H24N2O3. The van der Waals surface area contributed by atoms with E-state index in [1.54, 1.807) is 4.90 Å². The highest BCUT2D eigenvalue weighted by atomic mass is 16.5. The van der Waals surface area contributed by atoms with Gasteiger partial charge in [0.15, 0.2) is 0 Å². The molecule has 0 aromatic heterocycles. The molecular weight excluding hydrogens is 328 g/mol. The molecule has 1 atom stereocenters. The number of ether oxygens (including phenoxy) is 1. The molecule has 0 saturated carbocycles. The molecule has 0 aliphatic carbocycles. The van der Waals surface area contributed by atoms with Gasteiger partial charge in [-0.15, -0.1) is 0 Å². The summed E-state index contributed by atoms with van der Waals surface area (Å²) in [5.41, 5.74) is 2.82. The molecule has 2 aromatic carbocycles. The van der Waals surface area contributed by atoms with Crippen molar-refractivity contribution < 1.29 is 14.3 Å². The summed E-state index contributed by atoms with van der Waals surface area (Å²) >= 11 is 0. The standard InChI is InChI=1S/C21H24N2O3/c1-15-8-3-4-9-17(15)18(22-16(2)24)14-21(25)23-12-7-13-26-20-11-6-5-10-19(20)23/h3-6,8-11,18H,7,12-14H2,1-2H3,(H,22,24)/t18-/m0/s1. The van der Waals surface area contributed by atoms with Crippen LogP contribution in [-0.2, 0) is 9.59 Å². The molecule has 5 heteroatoms. The SMILES string of the molecule is CC(=O)N[C@@H](CC(=O)N1CCCOc2ccccc21)c1ccccc1C. The summed E-state index contributed by atoms with van der Waals surface area (Å²) in [7, 11) is 0. The van der Waals surface area contributed by atoms with Gasteiger partial charge < -0.3 is 15.0 Å². The van der Waals surface area contributed by atoms with Crippen molar-refractivity contribution in [2.45, 2.75) is 32.7 Å². The number of hydrogen-bond acceptors (Lipinski definition) is 3. The molecule has 1 aliphatic rings. The second-order valence-electron chi connectivity index (χ2n) is 6.53. The molecule has 0 saturated heterocycles. The number of carbonyl (C=O) groups is 2. The molecule has 136 valence electrons. The molecule has 1 aliphatic heterocycles.